The van der Waals surface area contributed by atoms with Crippen LogP contribution in [0.5, 0.6) is 5.75 Å². The summed E-state index contributed by atoms with van der Waals surface area (Å²) in [4.78, 5) is 28.0. The fourth-order valence-corrected chi connectivity index (χ4v) is 2.22. The summed E-state index contributed by atoms with van der Waals surface area (Å²) in [6, 6.07) is 13.5. The molecule has 0 radical (unpaired) electrons. The van der Waals surface area contributed by atoms with Crippen molar-refractivity contribution >= 4 is 23.2 Å². The molecule has 0 aliphatic heterocycles. The number of carbonyl (C=O) groups is 1. The average molecular weight is 345 g/mol. The minimum absolute atomic E-state index is 0.106. The first kappa shape index (κ1) is 16.0. The number of hydrogen-bond donors (Lipinski definition) is 0. The van der Waals surface area contributed by atoms with Crippen LogP contribution in [0.25, 0.3) is 5.65 Å². The largest absolute Gasteiger partial charge is 0.482 e. The lowest BCUT2D eigenvalue weighted by atomic mass is 10.3. The lowest BCUT2D eigenvalue weighted by Crippen LogP contribution is -2.18. The maximum Gasteiger partial charge on any atom is 0.344 e. The van der Waals surface area contributed by atoms with Gasteiger partial charge in [0.05, 0.1) is 10.7 Å². The summed E-state index contributed by atoms with van der Waals surface area (Å²) < 4.78 is 11.7. The Labute approximate surface area is 142 Å². The Hall–Kier alpha value is -2.86. The third-order valence-corrected chi connectivity index (χ3v) is 3.38. The van der Waals surface area contributed by atoms with E-state index >= 15 is 0 Å². The molecule has 0 spiro atoms. The van der Waals surface area contributed by atoms with Gasteiger partial charge in [0.1, 0.15) is 18.0 Å². The molecule has 0 N–H and O–H groups in total. The second kappa shape index (κ2) is 7.14. The molecule has 0 unspecified atom stereocenters. The fraction of sp³-hybridized carbons (Fsp3) is 0.118. The summed E-state index contributed by atoms with van der Waals surface area (Å²) in [5, 5.41) is 0.434. The van der Waals surface area contributed by atoms with E-state index in [0.29, 0.717) is 22.1 Å². The van der Waals surface area contributed by atoms with Crippen molar-refractivity contribution in [1.82, 2.24) is 9.38 Å². The molecule has 6 nitrogen and oxygen atoms in total. The third-order valence-electron chi connectivity index (χ3n) is 3.16. The van der Waals surface area contributed by atoms with Crippen LogP contribution in [0.3, 0.4) is 0 Å². The fourth-order valence-electron chi connectivity index (χ4n) is 2.06. The van der Waals surface area contributed by atoms with Crippen molar-refractivity contribution in [2.45, 2.75) is 6.61 Å². The lowest BCUT2D eigenvalue weighted by molar-refractivity contribution is -0.147. The zero-order chi connectivity index (χ0) is 16.9. The van der Waals surface area contributed by atoms with E-state index < -0.39 is 5.97 Å². The van der Waals surface area contributed by atoms with Crippen LogP contribution in [0, 0.1) is 0 Å². The van der Waals surface area contributed by atoms with Crippen molar-refractivity contribution in [3.63, 3.8) is 0 Å². The molecule has 122 valence electrons. The molecule has 0 aliphatic rings. The first-order chi connectivity index (χ1) is 11.6. The first-order valence-electron chi connectivity index (χ1n) is 7.13. The van der Waals surface area contributed by atoms with Gasteiger partial charge in [0.15, 0.2) is 6.61 Å². The van der Waals surface area contributed by atoms with Crippen molar-refractivity contribution in [3.05, 3.63) is 75.8 Å². The highest BCUT2D eigenvalue weighted by Gasteiger charge is 2.08. The van der Waals surface area contributed by atoms with E-state index in [0.717, 1.165) is 0 Å². The summed E-state index contributed by atoms with van der Waals surface area (Å²) in [5.41, 5.74) is 0.489. The molecule has 7 heteroatoms. The van der Waals surface area contributed by atoms with E-state index in [2.05, 4.69) is 4.98 Å². The van der Waals surface area contributed by atoms with E-state index in [4.69, 9.17) is 21.1 Å². The molecule has 0 saturated heterocycles. The van der Waals surface area contributed by atoms with Crippen LogP contribution in [0.4, 0.5) is 0 Å². The van der Waals surface area contributed by atoms with Gasteiger partial charge in [0, 0.05) is 12.3 Å². The Morgan fingerprint density at radius 1 is 1.17 bits per heavy atom. The number of aromatic nitrogens is 2. The van der Waals surface area contributed by atoms with Gasteiger partial charge in [-0.3, -0.25) is 9.20 Å². The predicted molar refractivity (Wildman–Crippen MR) is 88.2 cm³/mol. The zero-order valence-corrected chi connectivity index (χ0v) is 13.3. The number of pyridine rings is 1. The Morgan fingerprint density at radius 3 is 2.75 bits per heavy atom. The number of rotatable bonds is 5. The highest BCUT2D eigenvalue weighted by molar-refractivity contribution is 6.30. The average Bonchev–Trinajstić information content (AvgIpc) is 2.60. The number of nitrogens with zero attached hydrogens (tertiary/aromatic N) is 2. The van der Waals surface area contributed by atoms with Gasteiger partial charge in [-0.2, -0.15) is 0 Å². The summed E-state index contributed by atoms with van der Waals surface area (Å²) in [6.45, 7) is -0.322. The summed E-state index contributed by atoms with van der Waals surface area (Å²) in [7, 11) is 0. The number of benzene rings is 1. The first-order valence-corrected chi connectivity index (χ1v) is 7.51. The number of ether oxygens (including phenoxy) is 2. The summed E-state index contributed by atoms with van der Waals surface area (Å²) >= 11 is 5.85. The van der Waals surface area contributed by atoms with Crippen molar-refractivity contribution in [3.8, 4) is 5.75 Å². The molecule has 24 heavy (non-hydrogen) atoms. The van der Waals surface area contributed by atoms with Gasteiger partial charge in [0.2, 0.25) is 0 Å². The van der Waals surface area contributed by atoms with Crippen LogP contribution < -0.4 is 10.3 Å². The van der Waals surface area contributed by atoms with Gasteiger partial charge in [-0.1, -0.05) is 29.8 Å². The highest BCUT2D eigenvalue weighted by Crippen LogP contribution is 2.10. The third kappa shape index (κ3) is 3.91. The highest BCUT2D eigenvalue weighted by atomic mass is 35.5. The standard InChI is InChI=1S/C17H13ClN2O4/c18-12-6-7-15-19-13(8-16(21)20(15)9-12)10-24-17(22)11-23-14-4-2-1-3-5-14/h1-9H,10-11H2. The van der Waals surface area contributed by atoms with Crippen LogP contribution >= 0.6 is 11.6 Å². The SMILES string of the molecule is O=C(COc1ccccc1)OCc1cc(=O)n2cc(Cl)ccc2n1. The van der Waals surface area contributed by atoms with Crippen LogP contribution in [0.15, 0.2) is 59.5 Å². The molecule has 0 bridgehead atoms. The Bertz CT molecular complexity index is 925. The van der Waals surface area contributed by atoms with Crippen molar-refractivity contribution in [1.29, 1.82) is 0 Å². The Morgan fingerprint density at radius 2 is 1.96 bits per heavy atom. The molecule has 0 fully saturated rings. The number of carbonyl (C=O) groups excluding carboxylic acids is 1. The number of esters is 1. The molecular weight excluding hydrogens is 332 g/mol. The van der Waals surface area contributed by atoms with Gasteiger partial charge < -0.3 is 9.47 Å². The van der Waals surface area contributed by atoms with E-state index in [1.54, 1.807) is 36.4 Å². The van der Waals surface area contributed by atoms with Gasteiger partial charge >= 0.3 is 5.97 Å². The van der Waals surface area contributed by atoms with Gasteiger partial charge in [-0.25, -0.2) is 9.78 Å². The molecular formula is C17H13ClN2O4. The number of para-hydroxylation sites is 1. The second-order valence-corrected chi connectivity index (χ2v) is 5.36. The van der Waals surface area contributed by atoms with Gasteiger partial charge in [0.25, 0.3) is 5.56 Å². The summed E-state index contributed by atoms with van der Waals surface area (Å²) in [5.74, 6) is 0.0327. The topological polar surface area (TPSA) is 69.9 Å². The van der Waals surface area contributed by atoms with Crippen LogP contribution in [-0.2, 0) is 16.1 Å². The molecule has 2 heterocycles. The second-order valence-electron chi connectivity index (χ2n) is 4.92. The van der Waals surface area contributed by atoms with E-state index in [-0.39, 0.29) is 18.8 Å². The van der Waals surface area contributed by atoms with E-state index in [1.807, 2.05) is 6.07 Å². The quantitative estimate of drug-likeness (QED) is 0.665. The molecule has 1 aromatic carbocycles. The maximum atomic E-state index is 12.0. The molecule has 2 aromatic heterocycles. The zero-order valence-electron chi connectivity index (χ0n) is 12.5. The number of halogens is 1. The minimum Gasteiger partial charge on any atom is -0.482 e. The van der Waals surface area contributed by atoms with Crippen LogP contribution in [0.1, 0.15) is 5.69 Å². The smallest absolute Gasteiger partial charge is 0.344 e. The predicted octanol–water partition coefficient (Wildman–Crippen LogP) is 2.47. The molecule has 3 rings (SSSR count). The van der Waals surface area contributed by atoms with Crippen LogP contribution in [-0.4, -0.2) is 22.0 Å². The number of hydrogen-bond acceptors (Lipinski definition) is 5. The summed E-state index contributed by atoms with van der Waals surface area (Å²) in [6.07, 6.45) is 1.48. The molecule has 0 atom stereocenters. The van der Waals surface area contributed by atoms with Gasteiger partial charge in [-0.05, 0) is 24.3 Å². The van der Waals surface area contributed by atoms with Crippen molar-refractivity contribution < 1.29 is 14.3 Å². The molecule has 0 aliphatic carbocycles. The molecule has 3 aromatic rings. The lowest BCUT2D eigenvalue weighted by Gasteiger charge is -2.07. The molecule has 0 saturated carbocycles. The minimum atomic E-state index is -0.544. The Balaban J connectivity index is 1.62. The Kier molecular flexibility index (Phi) is 4.77. The normalized spacial score (nSPS) is 10.5. The van der Waals surface area contributed by atoms with Crippen molar-refractivity contribution in [2.24, 2.45) is 0 Å². The van der Waals surface area contributed by atoms with E-state index in [9.17, 15) is 9.59 Å². The van der Waals surface area contributed by atoms with E-state index in [1.165, 1.54) is 16.7 Å². The monoisotopic (exact) mass is 344 g/mol. The number of fused-ring (bicyclic) bond motifs is 1. The van der Waals surface area contributed by atoms with Gasteiger partial charge in [-0.15, -0.1) is 0 Å². The van der Waals surface area contributed by atoms with Crippen molar-refractivity contribution in [2.75, 3.05) is 6.61 Å². The maximum absolute atomic E-state index is 12.0. The van der Waals surface area contributed by atoms with Crippen LogP contribution in [0.2, 0.25) is 5.02 Å². The molecule has 0 amide bonds.